The van der Waals surface area contributed by atoms with Crippen LogP contribution in [0.3, 0.4) is 0 Å². The number of hydrogen-bond donors (Lipinski definition) is 1. The molecule has 3 rings (SSSR count). The summed E-state index contributed by atoms with van der Waals surface area (Å²) in [6, 6.07) is 6.04. The largest absolute Gasteiger partial charge is 0.495 e. The lowest BCUT2D eigenvalue weighted by Gasteiger charge is -2.35. The van der Waals surface area contributed by atoms with Crippen LogP contribution in [0.1, 0.15) is 5.56 Å². The standard InChI is InChI=1S/C17H22BrN5OS.HI/c1-24-15-13(3-2-4-14(15)18)5-6-20-16(19)22-8-10-23(11-9-22)17-21-7-12-25-17;/h2-4,7,12H,5-6,8-11H2,1H3,(H2,19,20);1H. The first kappa shape index (κ1) is 21.2. The summed E-state index contributed by atoms with van der Waals surface area (Å²) in [5.74, 6) is 1.49. The molecule has 1 fully saturated rings. The smallest absolute Gasteiger partial charge is 0.191 e. The summed E-state index contributed by atoms with van der Waals surface area (Å²) in [5, 5.41) is 3.09. The molecule has 9 heteroatoms. The van der Waals surface area contributed by atoms with Crippen molar-refractivity contribution in [1.29, 1.82) is 0 Å². The highest BCUT2D eigenvalue weighted by molar-refractivity contribution is 14.0. The summed E-state index contributed by atoms with van der Waals surface area (Å²) in [7, 11) is 1.68. The first-order chi connectivity index (χ1) is 12.2. The highest BCUT2D eigenvalue weighted by Gasteiger charge is 2.19. The van der Waals surface area contributed by atoms with E-state index in [1.165, 1.54) is 0 Å². The second-order valence-electron chi connectivity index (χ2n) is 5.71. The number of piperazine rings is 1. The van der Waals surface area contributed by atoms with Gasteiger partial charge in [-0.1, -0.05) is 12.1 Å². The second kappa shape index (κ2) is 10.3. The lowest BCUT2D eigenvalue weighted by molar-refractivity contribution is 0.380. The van der Waals surface area contributed by atoms with Gasteiger partial charge in [0.2, 0.25) is 0 Å². The zero-order chi connectivity index (χ0) is 17.6. The van der Waals surface area contributed by atoms with E-state index in [9.17, 15) is 0 Å². The number of aliphatic imine (C=N–C) groups is 1. The van der Waals surface area contributed by atoms with Crippen molar-refractivity contribution < 1.29 is 4.74 Å². The van der Waals surface area contributed by atoms with E-state index in [0.717, 1.165) is 53.5 Å². The summed E-state index contributed by atoms with van der Waals surface area (Å²) < 4.78 is 6.41. The Morgan fingerprint density at radius 2 is 2.12 bits per heavy atom. The van der Waals surface area contributed by atoms with Crippen LogP contribution in [0.15, 0.2) is 39.2 Å². The Kier molecular flexibility index (Phi) is 8.42. The SMILES string of the molecule is COc1c(Br)cccc1CCN=C(N)N1CCN(c2nccs2)CC1.I. The number of nitrogens with zero attached hydrogens (tertiary/aromatic N) is 4. The molecule has 6 nitrogen and oxygen atoms in total. The highest BCUT2D eigenvalue weighted by Crippen LogP contribution is 2.29. The van der Waals surface area contributed by atoms with Crippen LogP contribution in [0.4, 0.5) is 5.13 Å². The van der Waals surface area contributed by atoms with Gasteiger partial charge in [-0.15, -0.1) is 35.3 Å². The van der Waals surface area contributed by atoms with Gasteiger partial charge in [-0.3, -0.25) is 4.99 Å². The van der Waals surface area contributed by atoms with Crippen molar-refractivity contribution in [2.45, 2.75) is 6.42 Å². The van der Waals surface area contributed by atoms with Crippen molar-refractivity contribution in [3.8, 4) is 5.75 Å². The number of rotatable bonds is 5. The molecule has 0 atom stereocenters. The Balaban J connectivity index is 0.00000243. The predicted octanol–water partition coefficient (Wildman–Crippen LogP) is 3.21. The molecule has 0 saturated carbocycles. The van der Waals surface area contributed by atoms with Crippen molar-refractivity contribution >= 4 is 62.3 Å². The van der Waals surface area contributed by atoms with Crippen LogP contribution < -0.4 is 15.4 Å². The van der Waals surface area contributed by atoms with Gasteiger partial charge in [0.1, 0.15) is 5.75 Å². The van der Waals surface area contributed by atoms with Crippen molar-refractivity contribution in [3.05, 3.63) is 39.8 Å². The lowest BCUT2D eigenvalue weighted by Crippen LogP contribution is -2.51. The zero-order valence-electron chi connectivity index (χ0n) is 14.6. The van der Waals surface area contributed by atoms with Crippen LogP contribution in [-0.2, 0) is 6.42 Å². The van der Waals surface area contributed by atoms with Gasteiger partial charge in [-0.25, -0.2) is 4.98 Å². The molecular weight excluding hydrogens is 529 g/mol. The van der Waals surface area contributed by atoms with E-state index in [-0.39, 0.29) is 24.0 Å². The molecule has 0 radical (unpaired) electrons. The second-order valence-corrected chi connectivity index (χ2v) is 7.44. The Morgan fingerprint density at radius 1 is 1.35 bits per heavy atom. The monoisotopic (exact) mass is 551 g/mol. The molecule has 0 spiro atoms. The summed E-state index contributed by atoms with van der Waals surface area (Å²) >= 11 is 5.18. The molecule has 142 valence electrons. The fourth-order valence-corrected chi connectivity index (χ4v) is 4.13. The summed E-state index contributed by atoms with van der Waals surface area (Å²) in [6.45, 7) is 4.22. The van der Waals surface area contributed by atoms with E-state index in [0.29, 0.717) is 12.5 Å². The number of aromatic nitrogens is 1. The van der Waals surface area contributed by atoms with E-state index >= 15 is 0 Å². The van der Waals surface area contributed by atoms with Gasteiger partial charge < -0.3 is 20.3 Å². The van der Waals surface area contributed by atoms with Crippen LogP contribution >= 0.6 is 51.2 Å². The Morgan fingerprint density at radius 3 is 2.77 bits per heavy atom. The Labute approximate surface area is 183 Å². The van der Waals surface area contributed by atoms with Gasteiger partial charge >= 0.3 is 0 Å². The van der Waals surface area contributed by atoms with Crippen LogP contribution in [0, 0.1) is 0 Å². The number of halogens is 2. The molecule has 26 heavy (non-hydrogen) atoms. The fraction of sp³-hybridized carbons (Fsp3) is 0.412. The Hall–Kier alpha value is -1.07. The van der Waals surface area contributed by atoms with Gasteiger partial charge in [0.25, 0.3) is 0 Å². The summed E-state index contributed by atoms with van der Waals surface area (Å²) in [4.78, 5) is 13.4. The average molecular weight is 552 g/mol. The predicted molar refractivity (Wildman–Crippen MR) is 122 cm³/mol. The fourth-order valence-electron chi connectivity index (χ4n) is 2.87. The van der Waals surface area contributed by atoms with Crippen LogP contribution in [-0.4, -0.2) is 55.7 Å². The first-order valence-corrected chi connectivity index (χ1v) is 9.87. The minimum absolute atomic E-state index is 0. The third kappa shape index (κ3) is 5.23. The molecule has 1 aromatic carbocycles. The molecule has 2 aromatic rings. The van der Waals surface area contributed by atoms with Crippen LogP contribution in [0.25, 0.3) is 0 Å². The number of nitrogens with two attached hydrogens (primary N) is 1. The normalized spacial score (nSPS) is 14.9. The van der Waals surface area contributed by atoms with Crippen molar-refractivity contribution in [1.82, 2.24) is 9.88 Å². The molecular formula is C17H23BrIN5OS. The lowest BCUT2D eigenvalue weighted by atomic mass is 10.1. The molecule has 2 heterocycles. The maximum Gasteiger partial charge on any atom is 0.191 e. The first-order valence-electron chi connectivity index (χ1n) is 8.19. The number of ether oxygens (including phenoxy) is 1. The molecule has 1 aromatic heterocycles. The van der Waals surface area contributed by atoms with Crippen molar-refractivity contribution in [2.24, 2.45) is 10.7 Å². The van der Waals surface area contributed by atoms with Gasteiger partial charge in [0.05, 0.1) is 11.6 Å². The quantitative estimate of drug-likeness (QED) is 0.351. The van der Waals surface area contributed by atoms with Gasteiger partial charge in [-0.05, 0) is 34.0 Å². The van der Waals surface area contributed by atoms with Gasteiger partial charge in [-0.2, -0.15) is 0 Å². The maximum absolute atomic E-state index is 6.18. The summed E-state index contributed by atoms with van der Waals surface area (Å²) in [5.41, 5.74) is 7.31. The van der Waals surface area contributed by atoms with Gasteiger partial charge in [0.15, 0.2) is 11.1 Å². The van der Waals surface area contributed by atoms with E-state index in [4.69, 9.17) is 10.5 Å². The third-order valence-corrected chi connectivity index (χ3v) is 5.66. The average Bonchev–Trinajstić information content (AvgIpc) is 3.16. The molecule has 0 unspecified atom stereocenters. The molecule has 0 bridgehead atoms. The zero-order valence-corrected chi connectivity index (χ0v) is 19.3. The number of guanidine groups is 1. The minimum Gasteiger partial charge on any atom is -0.495 e. The molecule has 2 N–H and O–H groups in total. The number of anilines is 1. The molecule has 0 aliphatic carbocycles. The maximum atomic E-state index is 6.18. The number of para-hydroxylation sites is 1. The van der Waals surface area contributed by atoms with E-state index in [1.54, 1.807) is 18.4 Å². The van der Waals surface area contributed by atoms with Crippen LogP contribution in [0.2, 0.25) is 0 Å². The topological polar surface area (TPSA) is 67.0 Å². The number of methoxy groups -OCH3 is 1. The highest BCUT2D eigenvalue weighted by atomic mass is 127. The molecule has 1 saturated heterocycles. The molecule has 0 amide bonds. The number of benzene rings is 1. The molecule has 1 aliphatic rings. The van der Waals surface area contributed by atoms with Gasteiger partial charge in [0, 0.05) is 44.3 Å². The van der Waals surface area contributed by atoms with E-state index in [1.807, 2.05) is 23.7 Å². The number of hydrogen-bond acceptors (Lipinski definition) is 5. The van der Waals surface area contributed by atoms with E-state index < -0.39 is 0 Å². The van der Waals surface area contributed by atoms with Crippen LogP contribution in [0.5, 0.6) is 5.75 Å². The number of thiazole rings is 1. The van der Waals surface area contributed by atoms with Crippen molar-refractivity contribution in [3.63, 3.8) is 0 Å². The summed E-state index contributed by atoms with van der Waals surface area (Å²) in [6.07, 6.45) is 2.64. The minimum atomic E-state index is 0. The third-order valence-electron chi connectivity index (χ3n) is 4.20. The van der Waals surface area contributed by atoms with Crippen molar-refractivity contribution in [2.75, 3.05) is 44.7 Å². The molecule has 1 aliphatic heterocycles. The Bertz CT molecular complexity index is 720. The van der Waals surface area contributed by atoms with E-state index in [2.05, 4.69) is 41.8 Å².